The maximum atomic E-state index is 5.73. The standard InChI is InChI=1S/C13H30N4O.HI/c1-8-18-12(9-10-15(2)3)11-14-13(16(4)5)17(6)7;/h12H,8-11H2,1-7H3;1H. The number of hydrogen-bond donors (Lipinski definition) is 0. The van der Waals surface area contributed by atoms with Crippen molar-refractivity contribution >= 4 is 29.9 Å². The van der Waals surface area contributed by atoms with Gasteiger partial charge in [0, 0.05) is 41.3 Å². The van der Waals surface area contributed by atoms with Gasteiger partial charge in [0.25, 0.3) is 0 Å². The first-order valence-electron chi connectivity index (χ1n) is 6.53. The van der Waals surface area contributed by atoms with E-state index in [1.165, 1.54) is 0 Å². The molecule has 116 valence electrons. The minimum atomic E-state index is 0. The molecule has 6 heteroatoms. The van der Waals surface area contributed by atoms with E-state index in [4.69, 9.17) is 4.74 Å². The first kappa shape index (κ1) is 21.2. The zero-order valence-electron chi connectivity index (χ0n) is 13.5. The summed E-state index contributed by atoms with van der Waals surface area (Å²) in [5.74, 6) is 0.976. The van der Waals surface area contributed by atoms with Gasteiger partial charge in [-0.15, -0.1) is 24.0 Å². The molecule has 0 aliphatic heterocycles. The molecule has 0 aromatic heterocycles. The maximum Gasteiger partial charge on any atom is 0.195 e. The molecule has 0 aromatic carbocycles. The maximum absolute atomic E-state index is 5.73. The van der Waals surface area contributed by atoms with E-state index in [2.05, 4.69) is 24.0 Å². The van der Waals surface area contributed by atoms with Crippen molar-refractivity contribution in [2.24, 2.45) is 4.99 Å². The lowest BCUT2D eigenvalue weighted by molar-refractivity contribution is 0.0580. The Hall–Kier alpha value is -0.0800. The minimum absolute atomic E-state index is 0. The average Bonchev–Trinajstić information content (AvgIpc) is 2.24. The summed E-state index contributed by atoms with van der Waals surface area (Å²) in [6, 6.07) is 0. The van der Waals surface area contributed by atoms with Crippen LogP contribution in [0.4, 0.5) is 0 Å². The van der Waals surface area contributed by atoms with Gasteiger partial charge in [0.15, 0.2) is 5.96 Å². The van der Waals surface area contributed by atoms with Crippen molar-refractivity contribution in [1.29, 1.82) is 0 Å². The second-order valence-electron chi connectivity index (χ2n) is 5.10. The van der Waals surface area contributed by atoms with Crippen LogP contribution in [-0.4, -0.2) is 88.7 Å². The summed E-state index contributed by atoms with van der Waals surface area (Å²) in [5.41, 5.74) is 0. The van der Waals surface area contributed by atoms with Crippen LogP contribution in [0.1, 0.15) is 13.3 Å². The molecule has 5 nitrogen and oxygen atoms in total. The van der Waals surface area contributed by atoms with Crippen LogP contribution in [0, 0.1) is 0 Å². The second kappa shape index (κ2) is 11.7. The van der Waals surface area contributed by atoms with E-state index < -0.39 is 0 Å². The van der Waals surface area contributed by atoms with Gasteiger partial charge in [-0.2, -0.15) is 0 Å². The summed E-state index contributed by atoms with van der Waals surface area (Å²) in [6.45, 7) is 4.52. The fourth-order valence-corrected chi connectivity index (χ4v) is 1.73. The molecule has 0 amide bonds. The molecule has 0 N–H and O–H groups in total. The first-order chi connectivity index (χ1) is 8.38. The predicted molar refractivity (Wildman–Crippen MR) is 93.7 cm³/mol. The zero-order chi connectivity index (χ0) is 14.1. The van der Waals surface area contributed by atoms with Crippen LogP contribution in [0.15, 0.2) is 4.99 Å². The van der Waals surface area contributed by atoms with Crippen molar-refractivity contribution in [3.05, 3.63) is 0 Å². The molecule has 0 bridgehead atoms. The SMILES string of the molecule is CCOC(CCN(C)C)CN=C(N(C)C)N(C)C.I. The van der Waals surface area contributed by atoms with Crippen molar-refractivity contribution in [2.75, 3.05) is 62.0 Å². The number of guanidine groups is 1. The Morgan fingerprint density at radius 1 is 1.05 bits per heavy atom. The third-order valence-electron chi connectivity index (χ3n) is 2.54. The molecule has 19 heavy (non-hydrogen) atoms. The third-order valence-corrected chi connectivity index (χ3v) is 2.54. The second-order valence-corrected chi connectivity index (χ2v) is 5.10. The lowest BCUT2D eigenvalue weighted by atomic mass is 10.2. The Kier molecular flexibility index (Phi) is 13.1. The molecule has 0 saturated carbocycles. The van der Waals surface area contributed by atoms with Gasteiger partial charge in [-0.25, -0.2) is 0 Å². The van der Waals surface area contributed by atoms with Crippen molar-refractivity contribution in [3.8, 4) is 0 Å². The summed E-state index contributed by atoms with van der Waals surface area (Å²) >= 11 is 0. The van der Waals surface area contributed by atoms with Crippen LogP contribution in [0.2, 0.25) is 0 Å². The third kappa shape index (κ3) is 10.4. The molecule has 0 saturated heterocycles. The van der Waals surface area contributed by atoms with E-state index in [0.717, 1.165) is 25.5 Å². The molecule has 0 aliphatic carbocycles. The number of ether oxygens (including phenoxy) is 1. The van der Waals surface area contributed by atoms with E-state index in [1.807, 2.05) is 44.9 Å². The smallest absolute Gasteiger partial charge is 0.195 e. The van der Waals surface area contributed by atoms with Crippen molar-refractivity contribution in [1.82, 2.24) is 14.7 Å². The molecule has 0 fully saturated rings. The van der Waals surface area contributed by atoms with Gasteiger partial charge in [-0.1, -0.05) is 0 Å². The molecular formula is C13H31IN4O. The molecule has 1 unspecified atom stereocenters. The van der Waals surface area contributed by atoms with Crippen LogP contribution in [-0.2, 0) is 4.74 Å². The van der Waals surface area contributed by atoms with Crippen LogP contribution in [0.3, 0.4) is 0 Å². The van der Waals surface area contributed by atoms with E-state index >= 15 is 0 Å². The lowest BCUT2D eigenvalue weighted by Gasteiger charge is -2.24. The van der Waals surface area contributed by atoms with Crippen LogP contribution in [0.5, 0.6) is 0 Å². The van der Waals surface area contributed by atoms with Crippen molar-refractivity contribution in [2.45, 2.75) is 19.4 Å². The Morgan fingerprint density at radius 2 is 1.58 bits per heavy atom. The van der Waals surface area contributed by atoms with Gasteiger partial charge >= 0.3 is 0 Å². The van der Waals surface area contributed by atoms with E-state index in [1.54, 1.807) is 0 Å². The Morgan fingerprint density at radius 3 is 1.95 bits per heavy atom. The Labute approximate surface area is 136 Å². The first-order valence-corrected chi connectivity index (χ1v) is 6.53. The number of halogens is 1. The minimum Gasteiger partial charge on any atom is -0.377 e. The zero-order valence-corrected chi connectivity index (χ0v) is 15.8. The van der Waals surface area contributed by atoms with Gasteiger partial charge < -0.3 is 19.4 Å². The van der Waals surface area contributed by atoms with E-state index in [9.17, 15) is 0 Å². The summed E-state index contributed by atoms with van der Waals surface area (Å²) in [5, 5.41) is 0. The molecule has 0 aromatic rings. The number of aliphatic imine (C=N–C) groups is 1. The summed E-state index contributed by atoms with van der Waals surface area (Å²) in [4.78, 5) is 10.9. The highest BCUT2D eigenvalue weighted by molar-refractivity contribution is 14.0. The molecule has 1 atom stereocenters. The summed E-state index contributed by atoms with van der Waals surface area (Å²) in [7, 11) is 12.2. The van der Waals surface area contributed by atoms with Crippen LogP contribution in [0.25, 0.3) is 0 Å². The average molecular weight is 386 g/mol. The highest BCUT2D eigenvalue weighted by Gasteiger charge is 2.10. The molecule has 0 radical (unpaired) electrons. The van der Waals surface area contributed by atoms with Crippen molar-refractivity contribution in [3.63, 3.8) is 0 Å². The fourth-order valence-electron chi connectivity index (χ4n) is 1.73. The highest BCUT2D eigenvalue weighted by atomic mass is 127. The van der Waals surface area contributed by atoms with Crippen molar-refractivity contribution < 1.29 is 4.74 Å². The van der Waals surface area contributed by atoms with Gasteiger partial charge in [-0.05, 0) is 27.4 Å². The number of hydrogen-bond acceptors (Lipinski definition) is 3. The van der Waals surface area contributed by atoms with Crippen LogP contribution < -0.4 is 0 Å². The molecule has 0 aliphatic rings. The Balaban J connectivity index is 0. The molecular weight excluding hydrogens is 355 g/mol. The Bertz CT molecular complexity index is 235. The van der Waals surface area contributed by atoms with E-state index in [0.29, 0.717) is 6.54 Å². The van der Waals surface area contributed by atoms with Gasteiger partial charge in [0.05, 0.1) is 12.6 Å². The number of nitrogens with zero attached hydrogens (tertiary/aromatic N) is 4. The summed E-state index contributed by atoms with van der Waals surface area (Å²) in [6.07, 6.45) is 1.21. The topological polar surface area (TPSA) is 31.3 Å². The van der Waals surface area contributed by atoms with Gasteiger partial charge in [-0.3, -0.25) is 4.99 Å². The monoisotopic (exact) mass is 386 g/mol. The largest absolute Gasteiger partial charge is 0.377 e. The normalized spacial score (nSPS) is 11.8. The predicted octanol–water partition coefficient (Wildman–Crippen LogP) is 1.44. The van der Waals surface area contributed by atoms with Gasteiger partial charge in [0.2, 0.25) is 0 Å². The summed E-state index contributed by atoms with van der Waals surface area (Å²) < 4.78 is 5.73. The molecule has 0 spiro atoms. The lowest BCUT2D eigenvalue weighted by Crippen LogP contribution is -2.36. The number of rotatable bonds is 7. The molecule has 0 rings (SSSR count). The quantitative estimate of drug-likeness (QED) is 0.377. The highest BCUT2D eigenvalue weighted by Crippen LogP contribution is 2.02. The fraction of sp³-hybridized carbons (Fsp3) is 0.923. The van der Waals surface area contributed by atoms with Gasteiger partial charge in [0.1, 0.15) is 0 Å². The molecule has 0 heterocycles. The van der Waals surface area contributed by atoms with E-state index in [-0.39, 0.29) is 30.1 Å². The van der Waals surface area contributed by atoms with Crippen LogP contribution >= 0.6 is 24.0 Å².